The first-order valence-corrected chi connectivity index (χ1v) is 7.39. The Balaban J connectivity index is 3.28. The average Bonchev–Trinajstić information content (AvgIpc) is 2.82. The van der Waals surface area contributed by atoms with Crippen LogP contribution in [0.25, 0.3) is 0 Å². The fourth-order valence-corrected chi connectivity index (χ4v) is 3.71. The number of hydrogen-bond donors (Lipinski definition) is 2. The summed E-state index contributed by atoms with van der Waals surface area (Å²) in [4.78, 5) is 22.4. The maximum atomic E-state index is 11.4. The van der Waals surface area contributed by atoms with Crippen molar-refractivity contribution in [3.8, 4) is 0 Å². The lowest BCUT2D eigenvalue weighted by Crippen LogP contribution is -2.56. The molecule has 21 heavy (non-hydrogen) atoms. The summed E-state index contributed by atoms with van der Waals surface area (Å²) < 4.78 is 11.7. The Morgan fingerprint density at radius 2 is 1.52 bits per heavy atom. The van der Waals surface area contributed by atoms with Gasteiger partial charge in [0.25, 0.3) is 0 Å². The van der Waals surface area contributed by atoms with Crippen LogP contribution in [0.5, 0.6) is 0 Å². The molecule has 2 N–H and O–H groups in total. The molecule has 122 valence electrons. The summed E-state index contributed by atoms with van der Waals surface area (Å²) in [5.41, 5.74) is -0.773. The first-order chi connectivity index (χ1) is 9.68. The molecule has 0 saturated carbocycles. The zero-order chi connectivity index (χ0) is 16.3. The molecule has 1 heterocycles. The minimum absolute atomic E-state index is 0.0273. The van der Waals surface area contributed by atoms with E-state index in [1.165, 1.54) is 0 Å². The highest BCUT2D eigenvalue weighted by Gasteiger charge is 2.59. The van der Waals surface area contributed by atoms with Crippen molar-refractivity contribution in [2.75, 3.05) is 13.2 Å². The number of hydrogen-bond acceptors (Lipinski definition) is 4. The minimum atomic E-state index is -1.15. The summed E-state index contributed by atoms with van der Waals surface area (Å²) in [5, 5.41) is 18.4. The van der Waals surface area contributed by atoms with Crippen LogP contribution in [-0.4, -0.2) is 41.2 Å². The second-order valence-corrected chi connectivity index (χ2v) is 6.26. The van der Waals surface area contributed by atoms with E-state index in [-0.39, 0.29) is 31.1 Å². The molecule has 0 amide bonds. The molecule has 0 unspecified atom stereocenters. The molecule has 1 fully saturated rings. The van der Waals surface area contributed by atoms with Gasteiger partial charge in [0, 0.05) is 11.8 Å². The Hall–Kier alpha value is -1.14. The number of ether oxygens (including phenoxy) is 2. The lowest BCUT2D eigenvalue weighted by molar-refractivity contribution is -0.273. The fraction of sp³-hybridized carbons (Fsp3) is 0.867. The van der Waals surface area contributed by atoms with Crippen LogP contribution in [-0.2, 0) is 19.1 Å². The fourth-order valence-electron chi connectivity index (χ4n) is 3.71. The molecule has 1 rings (SSSR count). The summed E-state index contributed by atoms with van der Waals surface area (Å²) in [5.74, 6) is -3.07. The minimum Gasteiger partial charge on any atom is -0.481 e. The topological polar surface area (TPSA) is 93.1 Å². The summed E-state index contributed by atoms with van der Waals surface area (Å²) in [7, 11) is 0. The molecular weight excluding hydrogens is 276 g/mol. The number of rotatable bonds is 8. The lowest BCUT2D eigenvalue weighted by atomic mass is 9.60. The lowest BCUT2D eigenvalue weighted by Gasteiger charge is -2.51. The Labute approximate surface area is 125 Å². The van der Waals surface area contributed by atoms with Crippen LogP contribution in [0.1, 0.15) is 47.0 Å². The number of carbonyl (C=O) groups is 2. The molecule has 6 heteroatoms. The van der Waals surface area contributed by atoms with Crippen LogP contribution >= 0.6 is 0 Å². The van der Waals surface area contributed by atoms with Gasteiger partial charge in [0.15, 0.2) is 5.79 Å². The van der Waals surface area contributed by atoms with Crippen molar-refractivity contribution in [2.45, 2.75) is 52.7 Å². The molecule has 0 aliphatic carbocycles. The summed E-state index contributed by atoms with van der Waals surface area (Å²) in [6.45, 7) is 8.49. The SMILES string of the molecule is CC(C)C(CC(=O)O)(C(C)C)C1(CCC(=O)O)OCCO1. The van der Waals surface area contributed by atoms with Crippen molar-refractivity contribution in [2.24, 2.45) is 17.3 Å². The van der Waals surface area contributed by atoms with Crippen LogP contribution in [0.3, 0.4) is 0 Å². The molecule has 0 radical (unpaired) electrons. The monoisotopic (exact) mass is 302 g/mol. The average molecular weight is 302 g/mol. The van der Waals surface area contributed by atoms with Crippen LogP contribution in [0, 0.1) is 17.3 Å². The maximum absolute atomic E-state index is 11.4. The summed E-state index contributed by atoms with van der Waals surface area (Å²) in [6, 6.07) is 0. The van der Waals surface area contributed by atoms with E-state index < -0.39 is 23.1 Å². The van der Waals surface area contributed by atoms with E-state index >= 15 is 0 Å². The number of carboxylic acid groups (broad SMARTS) is 2. The van der Waals surface area contributed by atoms with Gasteiger partial charge in [-0.05, 0) is 11.8 Å². The largest absolute Gasteiger partial charge is 0.481 e. The molecule has 0 aromatic carbocycles. The van der Waals surface area contributed by atoms with Gasteiger partial charge >= 0.3 is 11.9 Å². The van der Waals surface area contributed by atoms with Crippen molar-refractivity contribution in [1.29, 1.82) is 0 Å². The van der Waals surface area contributed by atoms with E-state index in [0.29, 0.717) is 13.2 Å². The molecule has 1 aliphatic rings. The van der Waals surface area contributed by atoms with Crippen molar-refractivity contribution < 1.29 is 29.3 Å². The van der Waals surface area contributed by atoms with E-state index in [0.717, 1.165) is 0 Å². The van der Waals surface area contributed by atoms with Gasteiger partial charge in [0.05, 0.1) is 26.1 Å². The molecule has 0 aromatic heterocycles. The highest BCUT2D eigenvalue weighted by atomic mass is 16.7. The van der Waals surface area contributed by atoms with Crippen molar-refractivity contribution >= 4 is 11.9 Å². The molecule has 1 saturated heterocycles. The molecule has 0 aromatic rings. The quantitative estimate of drug-likeness (QED) is 0.715. The van der Waals surface area contributed by atoms with Crippen LogP contribution in [0.15, 0.2) is 0 Å². The molecule has 0 spiro atoms. The third kappa shape index (κ3) is 3.37. The van der Waals surface area contributed by atoms with Gasteiger partial charge in [-0.2, -0.15) is 0 Å². The number of aliphatic carboxylic acids is 2. The van der Waals surface area contributed by atoms with Gasteiger partial charge in [-0.3, -0.25) is 9.59 Å². The molecule has 0 atom stereocenters. The van der Waals surface area contributed by atoms with Gasteiger partial charge in [0.2, 0.25) is 0 Å². The standard InChI is InChI=1S/C15H26O6/c1-10(2)14(11(3)4,9-13(18)19)15(6-5-12(16)17)20-7-8-21-15/h10-11H,5-9H2,1-4H3,(H,16,17)(H,18,19). The summed E-state index contributed by atoms with van der Waals surface area (Å²) >= 11 is 0. The normalized spacial score (nSPS) is 18.4. The Morgan fingerprint density at radius 1 is 1.05 bits per heavy atom. The smallest absolute Gasteiger partial charge is 0.304 e. The van der Waals surface area contributed by atoms with Crippen LogP contribution < -0.4 is 0 Å². The zero-order valence-corrected chi connectivity index (χ0v) is 13.2. The van der Waals surface area contributed by atoms with Crippen LogP contribution in [0.4, 0.5) is 0 Å². The van der Waals surface area contributed by atoms with E-state index in [4.69, 9.17) is 14.6 Å². The first kappa shape index (κ1) is 17.9. The highest BCUT2D eigenvalue weighted by molar-refractivity contribution is 5.68. The third-order valence-electron chi connectivity index (χ3n) is 4.64. The first-order valence-electron chi connectivity index (χ1n) is 7.39. The predicted molar refractivity (Wildman–Crippen MR) is 75.9 cm³/mol. The maximum Gasteiger partial charge on any atom is 0.304 e. The van der Waals surface area contributed by atoms with Gasteiger partial charge < -0.3 is 19.7 Å². The van der Waals surface area contributed by atoms with Crippen molar-refractivity contribution in [3.05, 3.63) is 0 Å². The van der Waals surface area contributed by atoms with E-state index in [1.807, 2.05) is 27.7 Å². The van der Waals surface area contributed by atoms with Crippen LogP contribution in [0.2, 0.25) is 0 Å². The second kappa shape index (κ2) is 6.75. The van der Waals surface area contributed by atoms with Gasteiger partial charge in [-0.25, -0.2) is 0 Å². The summed E-state index contributed by atoms with van der Waals surface area (Å²) in [6.07, 6.45) is -0.0608. The van der Waals surface area contributed by atoms with Crippen molar-refractivity contribution in [1.82, 2.24) is 0 Å². The van der Waals surface area contributed by atoms with Gasteiger partial charge in [0.1, 0.15) is 0 Å². The molecule has 0 bridgehead atoms. The molecule has 6 nitrogen and oxygen atoms in total. The van der Waals surface area contributed by atoms with Gasteiger partial charge in [-0.15, -0.1) is 0 Å². The predicted octanol–water partition coefficient (Wildman–Crippen LogP) is 2.37. The van der Waals surface area contributed by atoms with Gasteiger partial charge in [-0.1, -0.05) is 27.7 Å². The number of carboxylic acids is 2. The second-order valence-electron chi connectivity index (χ2n) is 6.26. The molecular formula is C15H26O6. The zero-order valence-electron chi connectivity index (χ0n) is 13.2. The molecule has 1 aliphatic heterocycles. The van der Waals surface area contributed by atoms with E-state index in [9.17, 15) is 14.7 Å². The Bertz CT molecular complexity index is 374. The Kier molecular flexibility index (Phi) is 5.75. The third-order valence-corrected chi connectivity index (χ3v) is 4.64. The highest BCUT2D eigenvalue weighted by Crippen LogP contribution is 2.54. The van der Waals surface area contributed by atoms with Crippen molar-refractivity contribution in [3.63, 3.8) is 0 Å². The van der Waals surface area contributed by atoms with E-state index in [2.05, 4.69) is 0 Å². The Morgan fingerprint density at radius 3 is 1.86 bits per heavy atom. The van der Waals surface area contributed by atoms with E-state index in [1.54, 1.807) is 0 Å².